The molecule has 100 valence electrons. The second kappa shape index (κ2) is 10.6. The average Bonchev–Trinajstić information content (AvgIpc) is 3.07. The van der Waals surface area contributed by atoms with E-state index < -0.39 is 0 Å². The van der Waals surface area contributed by atoms with Gasteiger partial charge in [0.1, 0.15) is 0 Å². The minimum Gasteiger partial charge on any atom is -0.273 e. The van der Waals surface area contributed by atoms with Gasteiger partial charge in [0.05, 0.1) is 0 Å². The fraction of sp³-hybridized carbons (Fsp3) is 0.158. The summed E-state index contributed by atoms with van der Waals surface area (Å²) in [6.07, 6.45) is 12.3. The molecular weight excluding hydrogens is 407 g/mol. The molecule has 0 heterocycles. The van der Waals surface area contributed by atoms with Gasteiger partial charge in [-0.05, 0) is 24.0 Å². The second-order valence-corrected chi connectivity index (χ2v) is 4.47. The van der Waals surface area contributed by atoms with Crippen LogP contribution in [0.1, 0.15) is 17.5 Å². The Labute approximate surface area is 141 Å². The number of aryl methyl sites for hydroxylation is 2. The molecule has 2 aromatic rings. The van der Waals surface area contributed by atoms with Crippen LogP contribution in [0.2, 0.25) is 0 Å². The van der Waals surface area contributed by atoms with Gasteiger partial charge < -0.3 is 0 Å². The zero-order valence-electron chi connectivity index (χ0n) is 11.6. The summed E-state index contributed by atoms with van der Waals surface area (Å²) in [6.45, 7) is 0. The van der Waals surface area contributed by atoms with Crippen LogP contribution >= 0.6 is 0 Å². The van der Waals surface area contributed by atoms with E-state index in [2.05, 4.69) is 72.8 Å². The van der Waals surface area contributed by atoms with Crippen LogP contribution in [0.4, 0.5) is 0 Å². The summed E-state index contributed by atoms with van der Waals surface area (Å²) in [5, 5.41) is 0. The molecule has 0 radical (unpaired) electrons. The number of rotatable bonds is 3. The van der Waals surface area contributed by atoms with E-state index in [0.717, 1.165) is 19.3 Å². The van der Waals surface area contributed by atoms with Gasteiger partial charge in [-0.25, -0.2) is 12.2 Å². The van der Waals surface area contributed by atoms with Crippen LogP contribution in [0.15, 0.2) is 78.9 Å². The zero-order chi connectivity index (χ0) is 13.2. The van der Waals surface area contributed by atoms with Crippen molar-refractivity contribution in [2.75, 3.05) is 0 Å². The first-order valence-electron chi connectivity index (χ1n) is 6.75. The molecule has 0 saturated carbocycles. The van der Waals surface area contributed by atoms with Crippen molar-refractivity contribution in [3.8, 4) is 0 Å². The third-order valence-corrected chi connectivity index (χ3v) is 2.97. The third-order valence-electron chi connectivity index (χ3n) is 2.97. The van der Waals surface area contributed by atoms with E-state index in [0.29, 0.717) is 0 Å². The summed E-state index contributed by atoms with van der Waals surface area (Å²) in [7, 11) is 0. The third kappa shape index (κ3) is 6.81. The van der Waals surface area contributed by atoms with Crippen LogP contribution in [0, 0.1) is 6.08 Å². The Kier molecular flexibility index (Phi) is 8.90. The Morgan fingerprint density at radius 3 is 1.55 bits per heavy atom. The van der Waals surface area contributed by atoms with Gasteiger partial charge in [0.15, 0.2) is 0 Å². The predicted molar refractivity (Wildman–Crippen MR) is 81.9 cm³/mol. The van der Waals surface area contributed by atoms with Crippen molar-refractivity contribution < 1.29 is 25.8 Å². The molecule has 0 fully saturated rings. The van der Waals surface area contributed by atoms with Gasteiger partial charge in [-0.15, -0.1) is 6.42 Å². The standard InChI is InChI=1S/C14H14.C5H5.Hf/c1-3-7-13(8-4-1)11-12-14-9-5-2-6-10-14;1-2-4-5-3-1;/h1-10H,11-12H2;1-3H,4H2;/q;-1;. The van der Waals surface area contributed by atoms with Gasteiger partial charge >= 0.3 is 0 Å². The number of hydrogen-bond donors (Lipinski definition) is 0. The molecule has 0 aliphatic heterocycles. The first-order chi connectivity index (χ1) is 9.45. The molecule has 0 amide bonds. The molecule has 1 heteroatoms. The van der Waals surface area contributed by atoms with Gasteiger partial charge in [0, 0.05) is 25.8 Å². The quantitative estimate of drug-likeness (QED) is 0.490. The van der Waals surface area contributed by atoms with Gasteiger partial charge in [-0.2, -0.15) is 6.08 Å². The Bertz CT molecular complexity index is 462. The smallest absolute Gasteiger partial charge is 0 e. The number of benzene rings is 2. The summed E-state index contributed by atoms with van der Waals surface area (Å²) < 4.78 is 0. The molecule has 0 unspecified atom stereocenters. The van der Waals surface area contributed by atoms with Crippen LogP contribution in [-0.2, 0) is 38.7 Å². The Morgan fingerprint density at radius 1 is 0.750 bits per heavy atom. The minimum atomic E-state index is 0. The van der Waals surface area contributed by atoms with Gasteiger partial charge in [0.2, 0.25) is 0 Å². The molecule has 0 N–H and O–H groups in total. The molecule has 0 saturated heterocycles. The van der Waals surface area contributed by atoms with Crippen LogP contribution in [0.25, 0.3) is 0 Å². The van der Waals surface area contributed by atoms with Crippen molar-refractivity contribution in [3.05, 3.63) is 96.1 Å². The van der Waals surface area contributed by atoms with Crippen molar-refractivity contribution in [1.29, 1.82) is 0 Å². The van der Waals surface area contributed by atoms with E-state index in [1.165, 1.54) is 11.1 Å². The molecular formula is C19H19Hf-. The number of allylic oxidation sites excluding steroid dienone is 4. The van der Waals surface area contributed by atoms with Crippen molar-refractivity contribution in [2.45, 2.75) is 19.3 Å². The first kappa shape index (κ1) is 16.8. The molecule has 0 nitrogen and oxygen atoms in total. The van der Waals surface area contributed by atoms with Crippen molar-refractivity contribution in [1.82, 2.24) is 0 Å². The molecule has 1 aliphatic rings. The molecule has 3 rings (SSSR count). The summed E-state index contributed by atoms with van der Waals surface area (Å²) in [6, 6.07) is 21.2. The monoisotopic (exact) mass is 427 g/mol. The fourth-order valence-corrected chi connectivity index (χ4v) is 1.92. The fourth-order valence-electron chi connectivity index (χ4n) is 1.92. The molecule has 20 heavy (non-hydrogen) atoms. The minimum absolute atomic E-state index is 0. The maximum Gasteiger partial charge on any atom is 0 e. The summed E-state index contributed by atoms with van der Waals surface area (Å²) in [4.78, 5) is 0. The maximum absolute atomic E-state index is 2.99. The topological polar surface area (TPSA) is 0 Å². The Morgan fingerprint density at radius 2 is 1.25 bits per heavy atom. The predicted octanol–water partition coefficient (Wildman–Crippen LogP) is 4.77. The molecule has 0 spiro atoms. The van der Waals surface area contributed by atoms with Crippen molar-refractivity contribution >= 4 is 0 Å². The SMILES string of the molecule is [C-]1=CC=CC1.[Hf].c1ccc(CCc2ccccc2)cc1. The molecule has 2 aromatic carbocycles. The van der Waals surface area contributed by atoms with Crippen LogP contribution in [-0.4, -0.2) is 0 Å². The van der Waals surface area contributed by atoms with Gasteiger partial charge in [0.25, 0.3) is 0 Å². The van der Waals surface area contributed by atoms with Crippen molar-refractivity contribution in [3.63, 3.8) is 0 Å². The summed E-state index contributed by atoms with van der Waals surface area (Å²) in [5.41, 5.74) is 2.83. The van der Waals surface area contributed by atoms with E-state index in [9.17, 15) is 0 Å². The second-order valence-electron chi connectivity index (χ2n) is 4.47. The Balaban J connectivity index is 0.000000283. The van der Waals surface area contributed by atoms with Gasteiger partial charge in [-0.1, -0.05) is 60.7 Å². The summed E-state index contributed by atoms with van der Waals surface area (Å²) in [5.74, 6) is 0. The normalized spacial score (nSPS) is 11.4. The largest absolute Gasteiger partial charge is 0.273 e. The maximum atomic E-state index is 2.99. The van der Waals surface area contributed by atoms with Gasteiger partial charge in [-0.3, -0.25) is 6.08 Å². The van der Waals surface area contributed by atoms with E-state index in [1.807, 2.05) is 12.2 Å². The average molecular weight is 426 g/mol. The molecule has 0 bridgehead atoms. The van der Waals surface area contributed by atoms with Crippen LogP contribution < -0.4 is 0 Å². The number of hydrogen-bond acceptors (Lipinski definition) is 0. The molecule has 0 aromatic heterocycles. The molecule has 1 aliphatic carbocycles. The first-order valence-corrected chi connectivity index (χ1v) is 6.75. The summed E-state index contributed by atoms with van der Waals surface area (Å²) >= 11 is 0. The van der Waals surface area contributed by atoms with Crippen molar-refractivity contribution in [2.24, 2.45) is 0 Å². The van der Waals surface area contributed by atoms with E-state index in [-0.39, 0.29) is 25.8 Å². The Hall–Kier alpha value is -1.21. The molecule has 0 atom stereocenters. The van der Waals surface area contributed by atoms with E-state index in [4.69, 9.17) is 0 Å². The van der Waals surface area contributed by atoms with E-state index >= 15 is 0 Å². The zero-order valence-corrected chi connectivity index (χ0v) is 15.2. The van der Waals surface area contributed by atoms with E-state index in [1.54, 1.807) is 0 Å². The van der Waals surface area contributed by atoms with Crippen LogP contribution in [0.3, 0.4) is 0 Å². The van der Waals surface area contributed by atoms with Crippen LogP contribution in [0.5, 0.6) is 0 Å².